The van der Waals surface area contributed by atoms with E-state index in [1.54, 1.807) is 0 Å². The molecule has 0 saturated carbocycles. The van der Waals surface area contributed by atoms with Crippen LogP contribution in [0.4, 0.5) is 5.69 Å². The molecule has 0 saturated heterocycles. The molecule has 1 aromatic rings. The van der Waals surface area contributed by atoms with Crippen molar-refractivity contribution in [2.24, 2.45) is 0 Å². The second-order valence-corrected chi connectivity index (χ2v) is 5.08. The molecule has 0 unspecified atom stereocenters. The fourth-order valence-corrected chi connectivity index (χ4v) is 1.54. The normalized spacial score (nSPS) is 11.2. The van der Waals surface area contributed by atoms with Crippen molar-refractivity contribution in [1.29, 1.82) is 0 Å². The number of hydrogen-bond donors (Lipinski definition) is 0. The van der Waals surface area contributed by atoms with Gasteiger partial charge in [0.25, 0.3) is 0 Å². The smallest absolute Gasteiger partial charge is 0.0958 e. The van der Waals surface area contributed by atoms with Crippen LogP contribution >= 0.6 is 0 Å². The standard InChI is InChI=1S/C14H23N2/c1-5-11-15(12-13-16(2,3)4)14-9-7-6-8-10-14/h5-10H,1,11-13H2,2-4H3/q+1. The summed E-state index contributed by atoms with van der Waals surface area (Å²) in [4.78, 5) is 2.36. The van der Waals surface area contributed by atoms with Gasteiger partial charge in [0.05, 0.1) is 34.2 Å². The van der Waals surface area contributed by atoms with Crippen molar-refractivity contribution in [3.63, 3.8) is 0 Å². The van der Waals surface area contributed by atoms with Crippen LogP contribution < -0.4 is 4.90 Å². The third-order valence-electron chi connectivity index (χ3n) is 2.51. The minimum Gasteiger partial charge on any atom is -0.362 e. The van der Waals surface area contributed by atoms with Crippen molar-refractivity contribution in [3.8, 4) is 0 Å². The van der Waals surface area contributed by atoms with Gasteiger partial charge in [-0.2, -0.15) is 0 Å². The van der Waals surface area contributed by atoms with E-state index < -0.39 is 0 Å². The van der Waals surface area contributed by atoms with E-state index in [4.69, 9.17) is 0 Å². The molecular formula is C14H23N2+. The number of anilines is 1. The summed E-state index contributed by atoms with van der Waals surface area (Å²) in [5, 5.41) is 0. The molecule has 1 rings (SSSR count). The van der Waals surface area contributed by atoms with E-state index in [0.717, 1.165) is 24.1 Å². The average Bonchev–Trinajstić information content (AvgIpc) is 2.24. The van der Waals surface area contributed by atoms with E-state index in [1.165, 1.54) is 5.69 Å². The summed E-state index contributed by atoms with van der Waals surface area (Å²) in [6, 6.07) is 10.5. The van der Waals surface area contributed by atoms with E-state index in [-0.39, 0.29) is 0 Å². The highest BCUT2D eigenvalue weighted by atomic mass is 15.3. The molecule has 1 aromatic carbocycles. The predicted octanol–water partition coefficient (Wildman–Crippen LogP) is 2.39. The van der Waals surface area contributed by atoms with Crippen LogP contribution in [0.1, 0.15) is 0 Å². The average molecular weight is 219 g/mol. The number of quaternary nitrogens is 1. The second kappa shape index (κ2) is 5.71. The third kappa shape index (κ3) is 4.49. The van der Waals surface area contributed by atoms with Gasteiger partial charge in [0, 0.05) is 12.2 Å². The van der Waals surface area contributed by atoms with Gasteiger partial charge in [0.1, 0.15) is 0 Å². The Morgan fingerprint density at radius 1 is 1.19 bits per heavy atom. The van der Waals surface area contributed by atoms with Gasteiger partial charge in [0.2, 0.25) is 0 Å². The van der Waals surface area contributed by atoms with Gasteiger partial charge < -0.3 is 9.38 Å². The van der Waals surface area contributed by atoms with Gasteiger partial charge in [-0.1, -0.05) is 24.3 Å². The van der Waals surface area contributed by atoms with E-state index in [2.05, 4.69) is 63.0 Å². The first-order valence-electron chi connectivity index (χ1n) is 5.74. The van der Waals surface area contributed by atoms with Gasteiger partial charge in [-0.25, -0.2) is 0 Å². The Hall–Kier alpha value is -1.28. The zero-order valence-corrected chi connectivity index (χ0v) is 10.7. The number of hydrogen-bond acceptors (Lipinski definition) is 1. The number of rotatable bonds is 6. The molecule has 0 bridgehead atoms. The number of nitrogens with zero attached hydrogens (tertiary/aromatic N) is 2. The first-order valence-corrected chi connectivity index (χ1v) is 5.74. The maximum absolute atomic E-state index is 3.82. The van der Waals surface area contributed by atoms with E-state index in [9.17, 15) is 0 Å². The molecule has 2 heteroatoms. The minimum atomic E-state index is 0.907. The number of benzene rings is 1. The van der Waals surface area contributed by atoms with E-state index in [0.29, 0.717) is 0 Å². The zero-order valence-electron chi connectivity index (χ0n) is 10.7. The van der Waals surface area contributed by atoms with Crippen molar-refractivity contribution in [1.82, 2.24) is 0 Å². The Bertz CT molecular complexity index is 311. The quantitative estimate of drug-likeness (QED) is 0.524. The van der Waals surface area contributed by atoms with Crippen molar-refractivity contribution in [2.75, 3.05) is 45.7 Å². The van der Waals surface area contributed by atoms with Crippen LogP contribution in [0.5, 0.6) is 0 Å². The van der Waals surface area contributed by atoms with Gasteiger partial charge in [0.15, 0.2) is 0 Å². The van der Waals surface area contributed by atoms with Crippen LogP contribution in [-0.4, -0.2) is 45.3 Å². The fraction of sp³-hybridized carbons (Fsp3) is 0.429. The largest absolute Gasteiger partial charge is 0.362 e. The molecule has 0 fully saturated rings. The maximum Gasteiger partial charge on any atom is 0.0958 e. The Kier molecular flexibility index (Phi) is 4.56. The summed E-state index contributed by atoms with van der Waals surface area (Å²) in [6.45, 7) is 6.91. The molecule has 88 valence electrons. The maximum atomic E-state index is 3.82. The molecule has 0 aliphatic carbocycles. The van der Waals surface area contributed by atoms with Crippen LogP contribution in [0.15, 0.2) is 43.0 Å². The van der Waals surface area contributed by atoms with E-state index in [1.807, 2.05) is 6.08 Å². The van der Waals surface area contributed by atoms with Crippen LogP contribution in [0.2, 0.25) is 0 Å². The van der Waals surface area contributed by atoms with Gasteiger partial charge in [-0.15, -0.1) is 6.58 Å². The van der Waals surface area contributed by atoms with Crippen molar-refractivity contribution in [2.45, 2.75) is 0 Å². The lowest BCUT2D eigenvalue weighted by Gasteiger charge is -2.29. The highest BCUT2D eigenvalue weighted by Crippen LogP contribution is 2.13. The molecule has 0 amide bonds. The number of para-hydroxylation sites is 1. The van der Waals surface area contributed by atoms with Crippen molar-refractivity contribution in [3.05, 3.63) is 43.0 Å². The van der Waals surface area contributed by atoms with Gasteiger partial charge in [-0.05, 0) is 12.1 Å². The summed E-state index contributed by atoms with van der Waals surface area (Å²) in [5.74, 6) is 0. The monoisotopic (exact) mass is 219 g/mol. The lowest BCUT2D eigenvalue weighted by atomic mass is 10.2. The third-order valence-corrected chi connectivity index (χ3v) is 2.51. The van der Waals surface area contributed by atoms with Crippen LogP contribution in [0, 0.1) is 0 Å². The van der Waals surface area contributed by atoms with Crippen LogP contribution in [0.25, 0.3) is 0 Å². The first kappa shape index (κ1) is 12.8. The Labute approximate surface area is 99.4 Å². The summed E-state index contributed by atoms with van der Waals surface area (Å²) >= 11 is 0. The molecular weight excluding hydrogens is 196 g/mol. The predicted molar refractivity (Wildman–Crippen MR) is 71.8 cm³/mol. The van der Waals surface area contributed by atoms with Crippen molar-refractivity contribution >= 4 is 5.69 Å². The summed E-state index contributed by atoms with van der Waals surface area (Å²) in [5.41, 5.74) is 1.27. The molecule has 0 aliphatic heterocycles. The zero-order chi connectivity index (χ0) is 12.0. The Balaban J connectivity index is 2.65. The first-order chi connectivity index (χ1) is 7.53. The SMILES string of the molecule is C=CCN(CC[N+](C)(C)C)c1ccccc1. The Morgan fingerprint density at radius 3 is 2.31 bits per heavy atom. The summed E-state index contributed by atoms with van der Waals surface area (Å²) < 4.78 is 0.987. The second-order valence-electron chi connectivity index (χ2n) is 5.08. The molecule has 0 radical (unpaired) electrons. The Morgan fingerprint density at radius 2 is 1.81 bits per heavy atom. The van der Waals surface area contributed by atoms with Gasteiger partial charge >= 0.3 is 0 Å². The molecule has 0 N–H and O–H groups in total. The van der Waals surface area contributed by atoms with Crippen LogP contribution in [0.3, 0.4) is 0 Å². The molecule has 0 heterocycles. The lowest BCUT2D eigenvalue weighted by molar-refractivity contribution is -0.868. The highest BCUT2D eigenvalue weighted by Gasteiger charge is 2.11. The molecule has 0 aliphatic rings. The topological polar surface area (TPSA) is 3.24 Å². The molecule has 0 spiro atoms. The summed E-state index contributed by atoms with van der Waals surface area (Å²) in [7, 11) is 6.66. The molecule has 0 atom stereocenters. The molecule has 2 nitrogen and oxygen atoms in total. The lowest BCUT2D eigenvalue weighted by Crippen LogP contribution is -2.42. The fourth-order valence-electron chi connectivity index (χ4n) is 1.54. The minimum absolute atomic E-state index is 0.907. The number of likely N-dealkylation sites (N-methyl/N-ethyl adjacent to an activating group) is 1. The summed E-state index contributed by atoms with van der Waals surface area (Å²) in [6.07, 6.45) is 1.96. The molecule has 16 heavy (non-hydrogen) atoms. The van der Waals surface area contributed by atoms with Gasteiger partial charge in [-0.3, -0.25) is 0 Å². The highest BCUT2D eigenvalue weighted by molar-refractivity contribution is 5.46. The molecule has 0 aromatic heterocycles. The van der Waals surface area contributed by atoms with Crippen LogP contribution in [-0.2, 0) is 0 Å². The van der Waals surface area contributed by atoms with Crippen molar-refractivity contribution < 1.29 is 4.48 Å². The van der Waals surface area contributed by atoms with E-state index >= 15 is 0 Å².